The molecule has 0 spiro atoms. The SMILES string of the molecule is CC(=O)Nc1c[nH]c2ncc(N3CC[C@@H](N(C)C(=O)Nc4cc(C(F)(F)F)cn(C)c4=O)C(F)(F)C3)cc12. The van der Waals surface area contributed by atoms with E-state index in [1.54, 1.807) is 6.07 Å². The number of carbonyl (C=O) groups excluding carboxylic acids is 2. The number of pyridine rings is 2. The van der Waals surface area contributed by atoms with Crippen molar-refractivity contribution in [3.8, 4) is 0 Å². The van der Waals surface area contributed by atoms with Gasteiger partial charge in [-0.3, -0.25) is 9.59 Å². The Morgan fingerprint density at radius 3 is 2.55 bits per heavy atom. The smallest absolute Gasteiger partial charge is 0.364 e. The molecular weight excluding hydrogens is 517 g/mol. The highest BCUT2D eigenvalue weighted by Crippen LogP contribution is 2.35. The molecule has 0 radical (unpaired) electrons. The minimum Gasteiger partial charge on any atom is -0.364 e. The minimum absolute atomic E-state index is 0.107. The van der Waals surface area contributed by atoms with Crippen molar-refractivity contribution in [2.24, 2.45) is 7.05 Å². The Labute approximate surface area is 212 Å². The molecule has 1 fully saturated rings. The molecule has 1 saturated heterocycles. The van der Waals surface area contributed by atoms with E-state index in [4.69, 9.17) is 0 Å². The number of carbonyl (C=O) groups is 2. The zero-order valence-corrected chi connectivity index (χ0v) is 20.5. The number of alkyl halides is 5. The summed E-state index contributed by atoms with van der Waals surface area (Å²) < 4.78 is 70.5. The number of aromatic amines is 1. The van der Waals surface area contributed by atoms with Gasteiger partial charge in [0.15, 0.2) is 0 Å². The number of halogens is 5. The first kappa shape index (κ1) is 26.9. The van der Waals surface area contributed by atoms with Gasteiger partial charge in [0.1, 0.15) is 17.4 Å². The molecule has 3 amide bonds. The number of aromatic nitrogens is 3. The zero-order valence-electron chi connectivity index (χ0n) is 20.5. The molecule has 0 bridgehead atoms. The van der Waals surface area contributed by atoms with Gasteiger partial charge in [-0.1, -0.05) is 0 Å². The summed E-state index contributed by atoms with van der Waals surface area (Å²) in [5.74, 6) is -3.73. The topological polar surface area (TPSA) is 115 Å². The Kier molecular flexibility index (Phi) is 6.80. The van der Waals surface area contributed by atoms with Crippen molar-refractivity contribution < 1.29 is 31.5 Å². The summed E-state index contributed by atoms with van der Waals surface area (Å²) >= 11 is 0. The lowest BCUT2D eigenvalue weighted by Crippen LogP contribution is -2.59. The highest BCUT2D eigenvalue weighted by molar-refractivity contribution is 6.00. The molecule has 204 valence electrons. The number of nitrogens with zero attached hydrogens (tertiary/aromatic N) is 4. The molecule has 1 atom stereocenters. The van der Waals surface area contributed by atoms with E-state index in [0.717, 1.165) is 14.1 Å². The Hall–Kier alpha value is -4.17. The van der Waals surface area contributed by atoms with Gasteiger partial charge in [-0.25, -0.2) is 18.6 Å². The third-order valence-electron chi connectivity index (χ3n) is 6.29. The molecule has 0 unspecified atom stereocenters. The van der Waals surface area contributed by atoms with Gasteiger partial charge in [0, 0.05) is 45.3 Å². The van der Waals surface area contributed by atoms with Gasteiger partial charge in [0.05, 0.1) is 29.7 Å². The summed E-state index contributed by atoms with van der Waals surface area (Å²) in [7, 11) is 2.18. The highest BCUT2D eigenvalue weighted by Gasteiger charge is 2.48. The van der Waals surface area contributed by atoms with Crippen molar-refractivity contribution in [2.75, 3.05) is 35.7 Å². The van der Waals surface area contributed by atoms with Crippen molar-refractivity contribution in [1.29, 1.82) is 0 Å². The fraction of sp³-hybridized carbons (Fsp3) is 0.391. The molecule has 1 aliphatic rings. The molecule has 4 rings (SSSR count). The lowest BCUT2D eigenvalue weighted by atomic mass is 9.99. The Bertz CT molecular complexity index is 1450. The van der Waals surface area contributed by atoms with Crippen LogP contribution in [0.25, 0.3) is 11.0 Å². The highest BCUT2D eigenvalue weighted by atomic mass is 19.4. The number of hydrogen-bond acceptors (Lipinski definition) is 5. The van der Waals surface area contributed by atoms with Crippen molar-refractivity contribution in [3.05, 3.63) is 46.6 Å². The zero-order chi connectivity index (χ0) is 28.0. The first-order chi connectivity index (χ1) is 17.7. The fourth-order valence-electron chi connectivity index (χ4n) is 4.39. The number of amides is 3. The number of anilines is 3. The number of rotatable bonds is 4. The van der Waals surface area contributed by atoms with E-state index in [0.29, 0.717) is 44.1 Å². The molecule has 0 saturated carbocycles. The van der Waals surface area contributed by atoms with Crippen LogP contribution in [0.15, 0.2) is 35.5 Å². The first-order valence-corrected chi connectivity index (χ1v) is 11.4. The van der Waals surface area contributed by atoms with E-state index < -0.39 is 47.5 Å². The number of piperidine rings is 1. The number of nitrogens with one attached hydrogen (secondary N) is 3. The monoisotopic (exact) mass is 541 g/mol. The number of fused-ring (bicyclic) bond motifs is 1. The van der Waals surface area contributed by atoms with E-state index in [9.17, 15) is 27.6 Å². The predicted molar refractivity (Wildman–Crippen MR) is 129 cm³/mol. The van der Waals surface area contributed by atoms with E-state index in [1.807, 2.05) is 5.32 Å². The molecule has 0 aliphatic carbocycles. The van der Waals surface area contributed by atoms with Crippen LogP contribution < -0.4 is 21.1 Å². The lowest BCUT2D eigenvalue weighted by Gasteiger charge is -2.42. The van der Waals surface area contributed by atoms with Crippen LogP contribution in [-0.2, 0) is 18.0 Å². The molecule has 0 aromatic carbocycles. The third-order valence-corrected chi connectivity index (χ3v) is 6.29. The predicted octanol–water partition coefficient (Wildman–Crippen LogP) is 3.62. The Morgan fingerprint density at radius 2 is 1.92 bits per heavy atom. The molecule has 1 aliphatic heterocycles. The second-order valence-corrected chi connectivity index (χ2v) is 9.06. The van der Waals surface area contributed by atoms with Gasteiger partial charge in [-0.2, -0.15) is 13.2 Å². The molecule has 4 heterocycles. The summed E-state index contributed by atoms with van der Waals surface area (Å²) in [4.78, 5) is 45.6. The minimum atomic E-state index is -4.78. The summed E-state index contributed by atoms with van der Waals surface area (Å²) in [6.45, 7) is 0.670. The van der Waals surface area contributed by atoms with Crippen molar-refractivity contribution in [1.82, 2.24) is 19.4 Å². The van der Waals surface area contributed by atoms with Gasteiger partial charge >= 0.3 is 12.2 Å². The van der Waals surface area contributed by atoms with Crippen LogP contribution in [0.2, 0.25) is 0 Å². The normalized spacial score (nSPS) is 17.4. The summed E-state index contributed by atoms with van der Waals surface area (Å²) in [5.41, 5.74) is -1.50. The van der Waals surface area contributed by atoms with Gasteiger partial charge in [-0.05, 0) is 18.6 Å². The maximum atomic E-state index is 15.3. The van der Waals surface area contributed by atoms with Crippen LogP contribution in [-0.4, -0.2) is 63.5 Å². The maximum absolute atomic E-state index is 15.3. The number of aryl methyl sites for hydroxylation is 1. The van der Waals surface area contributed by atoms with E-state index >= 15 is 8.78 Å². The average molecular weight is 541 g/mol. The first-order valence-electron chi connectivity index (χ1n) is 11.4. The molecule has 3 aromatic rings. The van der Waals surface area contributed by atoms with E-state index in [1.165, 1.54) is 24.2 Å². The summed E-state index contributed by atoms with van der Waals surface area (Å²) in [6, 6.07) is -0.656. The quantitative estimate of drug-likeness (QED) is 0.437. The number of urea groups is 1. The van der Waals surface area contributed by atoms with Crippen LogP contribution in [0.4, 0.5) is 43.8 Å². The number of H-pyrrole nitrogens is 1. The molecule has 15 heteroatoms. The van der Waals surface area contributed by atoms with Crippen molar-refractivity contribution >= 4 is 40.0 Å². The van der Waals surface area contributed by atoms with Crippen LogP contribution >= 0.6 is 0 Å². The number of hydrogen-bond donors (Lipinski definition) is 3. The second-order valence-electron chi connectivity index (χ2n) is 9.06. The Morgan fingerprint density at radius 1 is 1.21 bits per heavy atom. The lowest BCUT2D eigenvalue weighted by molar-refractivity contribution is -0.138. The van der Waals surface area contributed by atoms with E-state index in [-0.39, 0.29) is 18.9 Å². The molecule has 10 nitrogen and oxygen atoms in total. The van der Waals surface area contributed by atoms with Crippen LogP contribution in [0.1, 0.15) is 18.9 Å². The molecular formula is C23H24F5N7O3. The average Bonchev–Trinajstić information content (AvgIpc) is 3.21. The van der Waals surface area contributed by atoms with Gasteiger partial charge in [0.25, 0.3) is 11.5 Å². The van der Waals surface area contributed by atoms with Gasteiger partial charge in [0.2, 0.25) is 5.91 Å². The van der Waals surface area contributed by atoms with Gasteiger partial charge in [-0.15, -0.1) is 0 Å². The Balaban J connectivity index is 1.51. The standard InChI is InChI=1S/C23H24F5N7O3/c1-12(36)31-17-9-30-19-15(17)7-14(8-29-19)35-5-4-18(22(24,25)11-35)34(3)21(38)32-16-6-13(23(26,27)28)10-33(2)20(16)37/h6-10,18H,4-5,11H2,1-3H3,(H,29,30)(H,31,36)(H,32,38)/t18-/m1/s1. The van der Waals surface area contributed by atoms with Crippen molar-refractivity contribution in [3.63, 3.8) is 0 Å². The summed E-state index contributed by atoms with van der Waals surface area (Å²) in [6.07, 6.45) is -1.44. The molecule has 3 N–H and O–H groups in total. The third kappa shape index (κ3) is 5.26. The van der Waals surface area contributed by atoms with Crippen LogP contribution in [0.3, 0.4) is 0 Å². The van der Waals surface area contributed by atoms with Crippen LogP contribution in [0, 0.1) is 0 Å². The van der Waals surface area contributed by atoms with Gasteiger partial charge < -0.3 is 30.0 Å². The van der Waals surface area contributed by atoms with E-state index in [2.05, 4.69) is 15.3 Å². The maximum Gasteiger partial charge on any atom is 0.417 e. The summed E-state index contributed by atoms with van der Waals surface area (Å²) in [5, 5.41) is 5.20. The largest absolute Gasteiger partial charge is 0.417 e. The van der Waals surface area contributed by atoms with Crippen LogP contribution in [0.5, 0.6) is 0 Å². The molecule has 3 aromatic heterocycles. The molecule has 38 heavy (non-hydrogen) atoms. The van der Waals surface area contributed by atoms with Crippen molar-refractivity contribution in [2.45, 2.75) is 31.5 Å². The second kappa shape index (κ2) is 9.61. The fourth-order valence-corrected chi connectivity index (χ4v) is 4.39.